The molecular weight excluding hydrogens is 370 g/mol. The molecular formula is C22H25N3O4. The third-order valence-corrected chi connectivity index (χ3v) is 5.33. The fraction of sp³-hybridized carbons (Fsp3) is 0.364. The second-order valence-electron chi connectivity index (χ2n) is 7.40. The lowest BCUT2D eigenvalue weighted by molar-refractivity contribution is -0.122. The molecule has 0 unspecified atom stereocenters. The number of rotatable bonds is 5. The van der Waals surface area contributed by atoms with Gasteiger partial charge in [0.15, 0.2) is 11.5 Å². The van der Waals surface area contributed by atoms with Gasteiger partial charge in [-0.1, -0.05) is 30.3 Å². The van der Waals surface area contributed by atoms with Crippen molar-refractivity contribution in [3.8, 4) is 11.5 Å². The monoisotopic (exact) mass is 395 g/mol. The van der Waals surface area contributed by atoms with Crippen molar-refractivity contribution in [2.45, 2.75) is 25.8 Å². The number of ether oxygens (including phenoxy) is 2. The van der Waals surface area contributed by atoms with Gasteiger partial charge in [-0.05, 0) is 36.5 Å². The Kier molecular flexibility index (Phi) is 5.84. The van der Waals surface area contributed by atoms with E-state index in [0.29, 0.717) is 49.2 Å². The molecule has 1 fully saturated rings. The quantitative estimate of drug-likeness (QED) is 0.814. The van der Waals surface area contributed by atoms with Gasteiger partial charge < -0.3 is 25.0 Å². The highest BCUT2D eigenvalue weighted by Crippen LogP contribution is 2.34. The van der Waals surface area contributed by atoms with Crippen LogP contribution in [0.15, 0.2) is 48.5 Å². The number of likely N-dealkylation sites (tertiary alicyclic amines) is 1. The largest absolute Gasteiger partial charge is 0.454 e. The summed E-state index contributed by atoms with van der Waals surface area (Å²) in [5.74, 6) is 1.70. The summed E-state index contributed by atoms with van der Waals surface area (Å²) in [6.07, 6.45) is 2.16. The predicted molar refractivity (Wildman–Crippen MR) is 109 cm³/mol. The van der Waals surface area contributed by atoms with Crippen LogP contribution >= 0.6 is 0 Å². The minimum absolute atomic E-state index is 0.0668. The zero-order valence-corrected chi connectivity index (χ0v) is 16.2. The molecule has 2 aromatic rings. The molecule has 0 spiro atoms. The van der Waals surface area contributed by atoms with Crippen LogP contribution in [0.3, 0.4) is 0 Å². The van der Waals surface area contributed by atoms with Crippen LogP contribution in [0, 0.1) is 5.92 Å². The van der Waals surface area contributed by atoms with Crippen LogP contribution in [-0.4, -0.2) is 36.7 Å². The van der Waals surface area contributed by atoms with Crippen LogP contribution in [0.2, 0.25) is 0 Å². The Morgan fingerprint density at radius 1 is 1.00 bits per heavy atom. The van der Waals surface area contributed by atoms with Crippen molar-refractivity contribution in [3.63, 3.8) is 0 Å². The number of urea groups is 1. The van der Waals surface area contributed by atoms with Gasteiger partial charge in [0, 0.05) is 37.8 Å². The van der Waals surface area contributed by atoms with Crippen molar-refractivity contribution in [1.29, 1.82) is 0 Å². The number of amides is 3. The molecule has 7 nitrogen and oxygen atoms in total. The van der Waals surface area contributed by atoms with Crippen LogP contribution in [0.25, 0.3) is 0 Å². The second kappa shape index (κ2) is 8.86. The molecule has 2 aromatic carbocycles. The molecule has 29 heavy (non-hydrogen) atoms. The number of carbonyl (C=O) groups excluding carboxylic acids is 2. The summed E-state index contributed by atoms with van der Waals surface area (Å²) >= 11 is 0. The molecule has 0 atom stereocenters. The molecule has 152 valence electrons. The summed E-state index contributed by atoms with van der Waals surface area (Å²) in [4.78, 5) is 26.5. The molecule has 0 radical (unpaired) electrons. The van der Waals surface area contributed by atoms with E-state index in [2.05, 4.69) is 10.6 Å². The van der Waals surface area contributed by atoms with E-state index in [1.807, 2.05) is 30.3 Å². The van der Waals surface area contributed by atoms with Gasteiger partial charge in [-0.25, -0.2) is 4.79 Å². The first-order chi connectivity index (χ1) is 14.2. The van der Waals surface area contributed by atoms with Gasteiger partial charge in [0.1, 0.15) is 0 Å². The Hall–Kier alpha value is -3.22. The summed E-state index contributed by atoms with van der Waals surface area (Å²) in [5, 5.41) is 5.89. The summed E-state index contributed by atoms with van der Waals surface area (Å²) < 4.78 is 10.6. The maximum Gasteiger partial charge on any atom is 0.321 e. The third-order valence-electron chi connectivity index (χ3n) is 5.33. The molecule has 0 aromatic heterocycles. The van der Waals surface area contributed by atoms with E-state index in [0.717, 1.165) is 18.4 Å². The minimum Gasteiger partial charge on any atom is -0.454 e. The first-order valence-corrected chi connectivity index (χ1v) is 9.93. The Labute approximate surface area is 170 Å². The van der Waals surface area contributed by atoms with E-state index in [4.69, 9.17) is 9.47 Å². The predicted octanol–water partition coefficient (Wildman–Crippen LogP) is 3.37. The lowest BCUT2D eigenvalue weighted by atomic mass is 9.93. The molecule has 0 bridgehead atoms. The van der Waals surface area contributed by atoms with Crippen molar-refractivity contribution in [2.75, 3.05) is 25.2 Å². The van der Waals surface area contributed by atoms with E-state index in [9.17, 15) is 9.59 Å². The van der Waals surface area contributed by atoms with E-state index >= 15 is 0 Å². The summed E-state index contributed by atoms with van der Waals surface area (Å²) in [6, 6.07) is 15.1. The number of benzene rings is 2. The Bertz CT molecular complexity index is 864. The zero-order chi connectivity index (χ0) is 20.1. The van der Waals surface area contributed by atoms with Crippen molar-refractivity contribution in [3.05, 3.63) is 54.1 Å². The Morgan fingerprint density at radius 3 is 2.55 bits per heavy atom. The topological polar surface area (TPSA) is 79.9 Å². The van der Waals surface area contributed by atoms with Gasteiger partial charge in [0.25, 0.3) is 0 Å². The molecule has 2 aliphatic rings. The van der Waals surface area contributed by atoms with Crippen LogP contribution < -0.4 is 20.1 Å². The summed E-state index contributed by atoms with van der Waals surface area (Å²) in [6.45, 7) is 2.05. The van der Waals surface area contributed by atoms with Gasteiger partial charge in [-0.3, -0.25) is 4.79 Å². The van der Waals surface area contributed by atoms with Gasteiger partial charge in [0.05, 0.1) is 0 Å². The Balaban J connectivity index is 1.19. The molecule has 7 heteroatoms. The molecule has 1 saturated heterocycles. The number of nitrogens with one attached hydrogen (secondary N) is 2. The number of piperidine rings is 1. The van der Waals surface area contributed by atoms with Crippen LogP contribution in [0.5, 0.6) is 11.5 Å². The summed E-state index contributed by atoms with van der Waals surface area (Å²) in [5.41, 5.74) is 1.78. The van der Waals surface area contributed by atoms with Gasteiger partial charge in [-0.2, -0.15) is 0 Å². The summed E-state index contributed by atoms with van der Waals surface area (Å²) in [7, 11) is 0. The smallest absolute Gasteiger partial charge is 0.321 e. The second-order valence-corrected chi connectivity index (χ2v) is 7.40. The first kappa shape index (κ1) is 19.1. The molecule has 2 aliphatic heterocycles. The highest BCUT2D eigenvalue weighted by atomic mass is 16.7. The third kappa shape index (κ3) is 4.99. The van der Waals surface area contributed by atoms with E-state index in [1.54, 1.807) is 23.1 Å². The number of hydrogen-bond donors (Lipinski definition) is 2. The average Bonchev–Trinajstić information content (AvgIpc) is 3.21. The number of carbonyl (C=O) groups is 2. The van der Waals surface area contributed by atoms with E-state index in [-0.39, 0.29) is 18.7 Å². The first-order valence-electron chi connectivity index (χ1n) is 9.93. The molecule has 2 heterocycles. The molecule has 2 N–H and O–H groups in total. The fourth-order valence-electron chi connectivity index (χ4n) is 3.65. The highest BCUT2D eigenvalue weighted by Gasteiger charge is 2.25. The molecule has 0 saturated carbocycles. The van der Waals surface area contributed by atoms with Crippen molar-refractivity contribution >= 4 is 17.6 Å². The van der Waals surface area contributed by atoms with E-state index < -0.39 is 0 Å². The highest BCUT2D eigenvalue weighted by molar-refractivity contribution is 5.89. The zero-order valence-electron chi connectivity index (χ0n) is 16.2. The molecule has 0 aliphatic carbocycles. The molecule has 3 amide bonds. The average molecular weight is 395 g/mol. The van der Waals surface area contributed by atoms with Gasteiger partial charge >= 0.3 is 6.03 Å². The standard InChI is InChI=1S/C22H25N3O4/c26-21(23-14-17-4-2-1-3-5-17)12-16-8-10-25(11-9-16)22(27)24-18-6-7-19-20(13-18)29-15-28-19/h1-7,13,16H,8-12,14-15H2,(H,23,26)(H,24,27). The molecule has 4 rings (SSSR count). The van der Waals surface area contributed by atoms with Gasteiger partial charge in [0.2, 0.25) is 12.7 Å². The number of hydrogen-bond acceptors (Lipinski definition) is 4. The maximum absolute atomic E-state index is 12.5. The number of fused-ring (bicyclic) bond motifs is 1. The van der Waals surface area contributed by atoms with Crippen molar-refractivity contribution in [2.24, 2.45) is 5.92 Å². The Morgan fingerprint density at radius 2 is 1.76 bits per heavy atom. The van der Waals surface area contributed by atoms with Crippen LogP contribution in [0.1, 0.15) is 24.8 Å². The normalized spacial score (nSPS) is 15.8. The maximum atomic E-state index is 12.5. The van der Waals surface area contributed by atoms with Crippen molar-refractivity contribution < 1.29 is 19.1 Å². The lowest BCUT2D eigenvalue weighted by Gasteiger charge is -2.31. The fourth-order valence-corrected chi connectivity index (χ4v) is 3.65. The van der Waals surface area contributed by atoms with Gasteiger partial charge in [-0.15, -0.1) is 0 Å². The SMILES string of the molecule is O=C(CC1CCN(C(=O)Nc2ccc3c(c2)OCO3)CC1)NCc1ccccc1. The minimum atomic E-state index is -0.129. The lowest BCUT2D eigenvalue weighted by Crippen LogP contribution is -2.41. The van der Waals surface area contributed by atoms with E-state index in [1.165, 1.54) is 0 Å². The number of nitrogens with zero attached hydrogens (tertiary/aromatic N) is 1. The van der Waals surface area contributed by atoms with Crippen LogP contribution in [0.4, 0.5) is 10.5 Å². The van der Waals surface area contributed by atoms with Crippen molar-refractivity contribution in [1.82, 2.24) is 10.2 Å². The number of anilines is 1. The van der Waals surface area contributed by atoms with Crippen LogP contribution in [-0.2, 0) is 11.3 Å².